The van der Waals surface area contributed by atoms with Crippen molar-refractivity contribution in [3.8, 4) is 28.7 Å². The molecule has 0 radical (unpaired) electrons. The zero-order valence-corrected chi connectivity index (χ0v) is 13.3. The second-order valence-corrected chi connectivity index (χ2v) is 5.93. The molecule has 3 heterocycles. The van der Waals surface area contributed by atoms with E-state index in [1.165, 1.54) is 0 Å². The van der Waals surface area contributed by atoms with Crippen molar-refractivity contribution in [1.29, 1.82) is 0 Å². The van der Waals surface area contributed by atoms with E-state index in [0.29, 0.717) is 5.75 Å². The average molecular weight is 328 g/mol. The first-order valence-electron chi connectivity index (χ1n) is 7.76. The molecule has 5 rings (SSSR count). The Kier molecular flexibility index (Phi) is 2.84. The highest BCUT2D eigenvalue weighted by Gasteiger charge is 2.47. The molecule has 2 aromatic carbocycles. The molecule has 0 aromatic heterocycles. The number of benzene rings is 2. The van der Waals surface area contributed by atoms with Crippen LogP contribution in [0.2, 0.25) is 0 Å². The first-order valence-corrected chi connectivity index (χ1v) is 7.76. The molecule has 2 aromatic rings. The molecule has 24 heavy (non-hydrogen) atoms. The van der Waals surface area contributed by atoms with Gasteiger partial charge in [0.05, 0.1) is 13.0 Å². The van der Waals surface area contributed by atoms with Crippen molar-refractivity contribution in [3.63, 3.8) is 0 Å². The smallest absolute Gasteiger partial charge is 0.231 e. The number of rotatable bonds is 2. The maximum absolute atomic E-state index is 6.23. The van der Waals surface area contributed by atoms with Gasteiger partial charge in [-0.3, -0.25) is 0 Å². The Labute approximate surface area is 138 Å². The Morgan fingerprint density at radius 3 is 2.46 bits per heavy atom. The van der Waals surface area contributed by atoms with Crippen LogP contribution in [0.5, 0.6) is 28.7 Å². The van der Waals surface area contributed by atoms with Gasteiger partial charge in [0, 0.05) is 30.4 Å². The maximum Gasteiger partial charge on any atom is 0.231 e. The van der Waals surface area contributed by atoms with E-state index in [-0.39, 0.29) is 18.8 Å². The fraction of sp³-hybridized carbons (Fsp3) is 0.333. The summed E-state index contributed by atoms with van der Waals surface area (Å²) in [6.07, 6.45) is -0.627. The first kappa shape index (κ1) is 13.8. The van der Waals surface area contributed by atoms with Crippen LogP contribution in [-0.4, -0.2) is 27.3 Å². The molecular weight excluding hydrogens is 312 g/mol. The normalized spacial score (nSPS) is 25.2. The van der Waals surface area contributed by atoms with Crippen LogP contribution in [-0.2, 0) is 4.74 Å². The van der Waals surface area contributed by atoms with Gasteiger partial charge >= 0.3 is 0 Å². The zero-order valence-electron chi connectivity index (χ0n) is 13.3. The standard InChI is InChI=1S/C18H16O6/c1-19-9-3-4-10-12(5-9)24-18(20-2)16-11-6-14-15(22-8-21-14)7-13(11)23-17(10)16/h3-7,16-18H,8H2,1-2H3. The molecule has 6 heteroatoms. The van der Waals surface area contributed by atoms with Crippen molar-refractivity contribution < 1.29 is 28.4 Å². The lowest BCUT2D eigenvalue weighted by Gasteiger charge is -2.34. The molecule has 124 valence electrons. The zero-order chi connectivity index (χ0) is 16.3. The molecule has 3 aliphatic rings. The minimum absolute atomic E-state index is 0.0691. The SMILES string of the molecule is COc1ccc2c(c1)OC(OC)C1c3cc4c(cc3OC21)OCO4. The molecule has 0 bridgehead atoms. The van der Waals surface area contributed by atoms with Gasteiger partial charge in [-0.25, -0.2) is 0 Å². The van der Waals surface area contributed by atoms with E-state index in [2.05, 4.69) is 0 Å². The van der Waals surface area contributed by atoms with E-state index < -0.39 is 6.29 Å². The van der Waals surface area contributed by atoms with Gasteiger partial charge in [0.1, 0.15) is 23.4 Å². The van der Waals surface area contributed by atoms with Crippen molar-refractivity contribution >= 4 is 0 Å². The van der Waals surface area contributed by atoms with Crippen LogP contribution in [0.1, 0.15) is 23.1 Å². The molecule has 6 nitrogen and oxygen atoms in total. The summed E-state index contributed by atoms with van der Waals surface area (Å²) in [4.78, 5) is 0. The highest BCUT2D eigenvalue weighted by molar-refractivity contribution is 5.58. The van der Waals surface area contributed by atoms with Gasteiger partial charge in [-0.05, 0) is 18.2 Å². The number of ether oxygens (including phenoxy) is 6. The summed E-state index contributed by atoms with van der Waals surface area (Å²) in [6, 6.07) is 9.59. The van der Waals surface area contributed by atoms with Crippen LogP contribution in [0.25, 0.3) is 0 Å². The minimum atomic E-state index is -0.448. The highest BCUT2D eigenvalue weighted by atomic mass is 16.7. The Morgan fingerprint density at radius 2 is 1.67 bits per heavy atom. The van der Waals surface area contributed by atoms with Gasteiger partial charge in [-0.2, -0.15) is 0 Å². The molecule has 0 saturated carbocycles. The molecule has 3 unspecified atom stereocenters. The van der Waals surface area contributed by atoms with Crippen molar-refractivity contribution in [2.45, 2.75) is 18.3 Å². The van der Waals surface area contributed by atoms with Crippen LogP contribution >= 0.6 is 0 Å². The number of hydrogen-bond donors (Lipinski definition) is 0. The van der Waals surface area contributed by atoms with E-state index >= 15 is 0 Å². The lowest BCUT2D eigenvalue weighted by molar-refractivity contribution is -0.0994. The van der Waals surface area contributed by atoms with Gasteiger partial charge in [-0.1, -0.05) is 0 Å². The third-order valence-corrected chi connectivity index (χ3v) is 4.74. The first-order chi connectivity index (χ1) is 11.8. The lowest BCUT2D eigenvalue weighted by Crippen LogP contribution is -2.34. The van der Waals surface area contributed by atoms with Gasteiger partial charge in [0.25, 0.3) is 0 Å². The molecule has 3 atom stereocenters. The summed E-state index contributed by atoms with van der Waals surface area (Å²) in [6.45, 7) is 0.235. The number of hydrogen-bond acceptors (Lipinski definition) is 6. The molecule has 0 aliphatic carbocycles. The molecule has 3 aliphatic heterocycles. The summed E-state index contributed by atoms with van der Waals surface area (Å²) in [5.74, 6) is 3.60. The Morgan fingerprint density at radius 1 is 0.875 bits per heavy atom. The van der Waals surface area contributed by atoms with Gasteiger partial charge in [-0.15, -0.1) is 0 Å². The van der Waals surface area contributed by atoms with Crippen LogP contribution in [0.4, 0.5) is 0 Å². The van der Waals surface area contributed by atoms with Gasteiger partial charge in [0.2, 0.25) is 13.1 Å². The number of fused-ring (bicyclic) bond motifs is 6. The Balaban J connectivity index is 1.62. The third kappa shape index (κ3) is 1.80. The topological polar surface area (TPSA) is 55.4 Å². The van der Waals surface area contributed by atoms with E-state index in [1.54, 1.807) is 14.2 Å². The van der Waals surface area contributed by atoms with E-state index in [1.807, 2.05) is 30.3 Å². The third-order valence-electron chi connectivity index (χ3n) is 4.74. The fourth-order valence-electron chi connectivity index (χ4n) is 3.59. The quantitative estimate of drug-likeness (QED) is 0.845. The average Bonchev–Trinajstić information content (AvgIpc) is 3.22. The largest absolute Gasteiger partial charge is 0.497 e. The van der Waals surface area contributed by atoms with Crippen LogP contribution in [0.15, 0.2) is 30.3 Å². The predicted octanol–water partition coefficient (Wildman–Crippen LogP) is 3.01. The lowest BCUT2D eigenvalue weighted by atomic mass is 9.88. The molecule has 0 amide bonds. The monoisotopic (exact) mass is 328 g/mol. The fourth-order valence-corrected chi connectivity index (χ4v) is 3.59. The summed E-state index contributed by atoms with van der Waals surface area (Å²) < 4.78 is 34.1. The van der Waals surface area contributed by atoms with Crippen molar-refractivity contribution in [1.82, 2.24) is 0 Å². The van der Waals surface area contributed by atoms with E-state index in [9.17, 15) is 0 Å². The second kappa shape index (κ2) is 4.95. The van der Waals surface area contributed by atoms with Crippen LogP contribution < -0.4 is 23.7 Å². The summed E-state index contributed by atoms with van der Waals surface area (Å²) in [7, 11) is 3.27. The van der Waals surface area contributed by atoms with Crippen LogP contribution in [0.3, 0.4) is 0 Å². The summed E-state index contributed by atoms with van der Waals surface area (Å²) >= 11 is 0. The van der Waals surface area contributed by atoms with Crippen molar-refractivity contribution in [2.24, 2.45) is 0 Å². The molecule has 0 spiro atoms. The van der Waals surface area contributed by atoms with E-state index in [4.69, 9.17) is 28.4 Å². The van der Waals surface area contributed by atoms with E-state index in [0.717, 1.165) is 34.1 Å². The molecule has 0 saturated heterocycles. The van der Waals surface area contributed by atoms with Gasteiger partial charge < -0.3 is 28.4 Å². The minimum Gasteiger partial charge on any atom is -0.497 e. The number of methoxy groups -OCH3 is 2. The molecule has 0 fully saturated rings. The second-order valence-electron chi connectivity index (χ2n) is 5.93. The Bertz CT molecular complexity index is 817. The maximum atomic E-state index is 6.23. The molecule has 0 N–H and O–H groups in total. The highest BCUT2D eigenvalue weighted by Crippen LogP contribution is 2.56. The van der Waals surface area contributed by atoms with Crippen molar-refractivity contribution in [2.75, 3.05) is 21.0 Å². The molecular formula is C18H16O6. The Hall–Kier alpha value is -2.60. The predicted molar refractivity (Wildman–Crippen MR) is 83.1 cm³/mol. The van der Waals surface area contributed by atoms with Crippen molar-refractivity contribution in [3.05, 3.63) is 41.5 Å². The summed E-state index contributed by atoms with van der Waals surface area (Å²) in [5, 5.41) is 0. The summed E-state index contributed by atoms with van der Waals surface area (Å²) in [5.41, 5.74) is 1.99. The van der Waals surface area contributed by atoms with Gasteiger partial charge in [0.15, 0.2) is 11.5 Å². The van der Waals surface area contributed by atoms with Crippen LogP contribution in [0, 0.1) is 0 Å².